The van der Waals surface area contributed by atoms with Gasteiger partial charge in [-0.3, -0.25) is 9.52 Å². The number of thiophene rings is 1. The van der Waals surface area contributed by atoms with Crippen LogP contribution in [0.1, 0.15) is 33.3 Å². The van der Waals surface area contributed by atoms with E-state index in [0.717, 1.165) is 11.3 Å². The third kappa shape index (κ3) is 7.36. The summed E-state index contributed by atoms with van der Waals surface area (Å²) in [5.74, 6) is 0.0683. The van der Waals surface area contributed by atoms with Crippen molar-refractivity contribution in [3.8, 4) is 5.75 Å². The van der Waals surface area contributed by atoms with Gasteiger partial charge in [-0.1, -0.05) is 13.0 Å². The summed E-state index contributed by atoms with van der Waals surface area (Å²) in [6, 6.07) is 7.34. The molecule has 0 fully saturated rings. The maximum atomic E-state index is 13.3. The van der Waals surface area contributed by atoms with Crippen molar-refractivity contribution in [3.63, 3.8) is 0 Å². The number of aliphatic hydroxyl groups is 1. The number of benzene rings is 1. The van der Waals surface area contributed by atoms with Crippen molar-refractivity contribution in [1.82, 2.24) is 15.1 Å². The lowest BCUT2D eigenvalue weighted by Gasteiger charge is -2.34. The van der Waals surface area contributed by atoms with E-state index in [4.69, 9.17) is 4.74 Å². The van der Waals surface area contributed by atoms with Gasteiger partial charge < -0.3 is 25.0 Å². The minimum Gasteiger partial charge on any atom is -0.488 e. The summed E-state index contributed by atoms with van der Waals surface area (Å²) in [4.78, 5) is 29.0. The van der Waals surface area contributed by atoms with Crippen molar-refractivity contribution in [2.75, 3.05) is 31.5 Å². The van der Waals surface area contributed by atoms with E-state index in [1.165, 1.54) is 6.07 Å². The molecule has 0 unspecified atom stereocenters. The number of nitrogens with zero attached hydrogens (tertiary/aromatic N) is 2. The Balaban J connectivity index is 1.95. The monoisotopic (exact) mass is 552 g/mol. The number of anilines is 1. The minimum atomic E-state index is -3.77. The summed E-state index contributed by atoms with van der Waals surface area (Å²) >= 11 is 1.11. The summed E-state index contributed by atoms with van der Waals surface area (Å²) in [7, 11) is -2.08. The van der Waals surface area contributed by atoms with Crippen molar-refractivity contribution < 1.29 is 27.9 Å². The first kappa shape index (κ1) is 28.7. The molecule has 2 heterocycles. The van der Waals surface area contributed by atoms with Crippen LogP contribution in [0, 0.1) is 5.92 Å². The summed E-state index contributed by atoms with van der Waals surface area (Å²) in [6.07, 6.45) is -0.494. The lowest BCUT2D eigenvalue weighted by atomic mass is 10.0. The molecule has 12 heteroatoms. The zero-order chi connectivity index (χ0) is 27.3. The highest BCUT2D eigenvalue weighted by Crippen LogP contribution is 2.30. The van der Waals surface area contributed by atoms with Crippen LogP contribution in [0.15, 0.2) is 39.9 Å². The molecule has 0 saturated carbocycles. The molecule has 3 amide bonds. The fourth-order valence-electron chi connectivity index (χ4n) is 4.04. The number of hydrogen-bond acceptors (Lipinski definition) is 7. The molecule has 204 valence electrons. The highest BCUT2D eigenvalue weighted by molar-refractivity contribution is 7.94. The summed E-state index contributed by atoms with van der Waals surface area (Å²) in [6.45, 7) is 7.87. The Kier molecular flexibility index (Phi) is 9.43. The van der Waals surface area contributed by atoms with Gasteiger partial charge in [0.25, 0.3) is 10.0 Å². The number of carbonyl (C=O) groups is 2. The summed E-state index contributed by atoms with van der Waals surface area (Å²) in [5.41, 5.74) is 0.822. The number of rotatable bonds is 8. The van der Waals surface area contributed by atoms with Crippen LogP contribution in [0.3, 0.4) is 0 Å². The Hall–Kier alpha value is -2.83. The van der Waals surface area contributed by atoms with Gasteiger partial charge in [0.2, 0.25) is 5.91 Å². The molecular weight excluding hydrogens is 516 g/mol. The van der Waals surface area contributed by atoms with E-state index in [1.54, 1.807) is 53.4 Å². The molecule has 1 aliphatic rings. The average molecular weight is 553 g/mol. The molecule has 0 radical (unpaired) electrons. The fourth-order valence-corrected chi connectivity index (χ4v) is 6.09. The molecule has 0 saturated heterocycles. The zero-order valence-electron chi connectivity index (χ0n) is 21.8. The van der Waals surface area contributed by atoms with Crippen LogP contribution in [-0.4, -0.2) is 80.2 Å². The van der Waals surface area contributed by atoms with Crippen LogP contribution in [-0.2, 0) is 21.2 Å². The Morgan fingerprint density at radius 3 is 2.65 bits per heavy atom. The number of urea groups is 1. The molecule has 2 aromatic rings. The van der Waals surface area contributed by atoms with E-state index >= 15 is 0 Å². The van der Waals surface area contributed by atoms with Gasteiger partial charge >= 0.3 is 6.03 Å². The molecule has 3 atom stereocenters. The fraction of sp³-hybridized carbons (Fsp3) is 0.520. The molecule has 0 bridgehead atoms. The second kappa shape index (κ2) is 12.1. The Morgan fingerprint density at radius 1 is 1.30 bits per heavy atom. The molecule has 1 aliphatic heterocycles. The van der Waals surface area contributed by atoms with Gasteiger partial charge in [-0.2, -0.15) is 0 Å². The predicted molar refractivity (Wildman–Crippen MR) is 143 cm³/mol. The van der Waals surface area contributed by atoms with E-state index in [1.807, 2.05) is 20.8 Å². The number of fused-ring (bicyclic) bond motifs is 1. The van der Waals surface area contributed by atoms with Gasteiger partial charge in [0.15, 0.2) is 0 Å². The van der Waals surface area contributed by atoms with Crippen molar-refractivity contribution >= 4 is 39.0 Å². The first-order valence-corrected chi connectivity index (χ1v) is 14.6. The number of sulfonamides is 1. The molecule has 37 heavy (non-hydrogen) atoms. The van der Waals surface area contributed by atoms with E-state index in [9.17, 15) is 23.1 Å². The highest BCUT2D eigenvalue weighted by Gasteiger charge is 2.32. The molecule has 3 rings (SSSR count). The van der Waals surface area contributed by atoms with Gasteiger partial charge in [0.05, 0.1) is 25.6 Å². The van der Waals surface area contributed by atoms with E-state index in [-0.39, 0.29) is 47.7 Å². The van der Waals surface area contributed by atoms with Crippen LogP contribution >= 0.6 is 11.3 Å². The Bertz CT molecular complexity index is 1190. The van der Waals surface area contributed by atoms with Crippen molar-refractivity contribution in [1.29, 1.82) is 0 Å². The first-order valence-electron chi connectivity index (χ1n) is 12.2. The highest BCUT2D eigenvalue weighted by atomic mass is 32.2. The number of ether oxygens (including phenoxy) is 1. The average Bonchev–Trinajstić information content (AvgIpc) is 3.38. The molecule has 0 spiro atoms. The molecule has 1 aromatic carbocycles. The smallest absolute Gasteiger partial charge is 0.317 e. The second-order valence-electron chi connectivity index (χ2n) is 9.73. The van der Waals surface area contributed by atoms with Crippen LogP contribution < -0.4 is 14.8 Å². The lowest BCUT2D eigenvalue weighted by Crippen LogP contribution is -2.49. The van der Waals surface area contributed by atoms with Gasteiger partial charge in [-0.25, -0.2) is 13.2 Å². The molecule has 10 nitrogen and oxygen atoms in total. The Morgan fingerprint density at radius 2 is 2.03 bits per heavy atom. The summed E-state index contributed by atoms with van der Waals surface area (Å²) < 4.78 is 34.6. The predicted octanol–water partition coefficient (Wildman–Crippen LogP) is 2.75. The number of hydrogen-bond donors (Lipinski definition) is 3. The van der Waals surface area contributed by atoms with Crippen LogP contribution in [0.4, 0.5) is 10.5 Å². The third-order valence-corrected chi connectivity index (χ3v) is 8.92. The van der Waals surface area contributed by atoms with Gasteiger partial charge in [0.1, 0.15) is 16.1 Å². The quantitative estimate of drug-likeness (QED) is 0.462. The molecule has 1 aromatic heterocycles. The lowest BCUT2D eigenvalue weighted by molar-refractivity contribution is -0.134. The van der Waals surface area contributed by atoms with E-state index < -0.39 is 22.2 Å². The number of carbonyl (C=O) groups excluding carboxylic acids is 2. The van der Waals surface area contributed by atoms with Crippen molar-refractivity contribution in [2.24, 2.45) is 5.92 Å². The first-order chi connectivity index (χ1) is 17.4. The number of amides is 3. The normalized spacial score (nSPS) is 19.2. The standard InChI is InChI=1S/C25H36N4O6S2/c1-16(2)26-25(32)28(5)14-22-17(3)13-29(18(4)15-30)23(31)12-19-11-20(8-9-21(19)35-22)27-37(33,34)24-7-6-10-36-24/h6-11,16-18,22,27,30H,12-15H2,1-5H3,(H,26,32)/t17-,18+,22+/m0/s1. The van der Waals surface area contributed by atoms with Crippen LogP contribution in [0.2, 0.25) is 0 Å². The van der Waals surface area contributed by atoms with Crippen LogP contribution in [0.25, 0.3) is 0 Å². The zero-order valence-corrected chi connectivity index (χ0v) is 23.4. The maximum Gasteiger partial charge on any atom is 0.317 e. The minimum absolute atomic E-state index is 0.0237. The molecule has 3 N–H and O–H groups in total. The molecular formula is C25H36N4O6S2. The SMILES string of the molecule is CC(C)NC(=O)N(C)C[C@H]1Oc2ccc(NS(=O)(=O)c3cccs3)cc2CC(=O)N([C@H](C)CO)C[C@@H]1C. The number of likely N-dealkylation sites (N-methyl/N-ethyl adjacent to an activating group) is 1. The number of nitrogens with one attached hydrogen (secondary N) is 2. The second-order valence-corrected chi connectivity index (χ2v) is 12.6. The van der Waals surface area contributed by atoms with Gasteiger partial charge in [-0.05, 0) is 50.4 Å². The third-order valence-electron chi connectivity index (χ3n) is 6.14. The van der Waals surface area contributed by atoms with Crippen LogP contribution in [0.5, 0.6) is 5.75 Å². The van der Waals surface area contributed by atoms with Crippen molar-refractivity contribution in [3.05, 3.63) is 41.3 Å². The van der Waals surface area contributed by atoms with E-state index in [2.05, 4.69) is 10.0 Å². The molecule has 0 aliphatic carbocycles. The van der Waals surface area contributed by atoms with Crippen molar-refractivity contribution in [2.45, 2.75) is 56.5 Å². The largest absolute Gasteiger partial charge is 0.488 e. The summed E-state index contributed by atoms with van der Waals surface area (Å²) in [5, 5.41) is 14.3. The maximum absolute atomic E-state index is 13.3. The Labute approximate surface area is 222 Å². The topological polar surface area (TPSA) is 128 Å². The number of aliphatic hydroxyl groups excluding tert-OH is 1. The van der Waals surface area contributed by atoms with Gasteiger partial charge in [0, 0.05) is 36.8 Å². The van der Waals surface area contributed by atoms with Gasteiger partial charge in [-0.15, -0.1) is 11.3 Å². The van der Waals surface area contributed by atoms with E-state index in [0.29, 0.717) is 23.5 Å².